The predicted octanol–water partition coefficient (Wildman–Crippen LogP) is 2.44. The minimum atomic E-state index is 0.284. The maximum absolute atomic E-state index is 11.5. The third-order valence-electron chi connectivity index (χ3n) is 3.21. The second-order valence-corrected chi connectivity index (χ2v) is 5.29. The molecule has 3 nitrogen and oxygen atoms in total. The highest BCUT2D eigenvalue weighted by atomic mass is 35.5. The average molecular weight is 267 g/mol. The number of benzene rings is 1. The van der Waals surface area contributed by atoms with Crippen LogP contribution in [0.1, 0.15) is 25.3 Å². The van der Waals surface area contributed by atoms with Gasteiger partial charge in [0.15, 0.2) is 0 Å². The van der Waals surface area contributed by atoms with Crippen LogP contribution in [0.3, 0.4) is 0 Å². The van der Waals surface area contributed by atoms with Gasteiger partial charge in [-0.3, -0.25) is 4.79 Å². The first kappa shape index (κ1) is 13.4. The summed E-state index contributed by atoms with van der Waals surface area (Å²) in [5, 5.41) is 4.18. The number of carbonyl (C=O) groups is 1. The van der Waals surface area contributed by atoms with E-state index in [1.165, 1.54) is 5.56 Å². The van der Waals surface area contributed by atoms with Crippen molar-refractivity contribution in [3.05, 3.63) is 34.9 Å². The van der Waals surface area contributed by atoms with Crippen molar-refractivity contribution in [1.82, 2.24) is 10.2 Å². The Morgan fingerprint density at radius 3 is 3.00 bits per heavy atom. The summed E-state index contributed by atoms with van der Waals surface area (Å²) in [4.78, 5) is 13.4. The molecule has 1 aromatic carbocycles. The topological polar surface area (TPSA) is 32.3 Å². The number of nitrogens with one attached hydrogen (secondary N) is 1. The van der Waals surface area contributed by atoms with Gasteiger partial charge in [-0.1, -0.05) is 23.7 Å². The third-order valence-corrected chi connectivity index (χ3v) is 3.44. The number of amides is 1. The van der Waals surface area contributed by atoms with E-state index in [4.69, 9.17) is 11.6 Å². The molecule has 18 heavy (non-hydrogen) atoms. The van der Waals surface area contributed by atoms with Crippen LogP contribution in [0.2, 0.25) is 5.02 Å². The van der Waals surface area contributed by atoms with Gasteiger partial charge in [-0.05, 0) is 31.0 Å². The molecule has 2 rings (SSSR count). The summed E-state index contributed by atoms with van der Waals surface area (Å²) in [5.74, 6) is 0.284. The van der Waals surface area contributed by atoms with Crippen LogP contribution in [-0.2, 0) is 11.3 Å². The molecule has 4 heteroatoms. The van der Waals surface area contributed by atoms with E-state index in [2.05, 4.69) is 12.2 Å². The van der Waals surface area contributed by atoms with E-state index >= 15 is 0 Å². The Labute approximate surface area is 113 Å². The van der Waals surface area contributed by atoms with Crippen molar-refractivity contribution in [3.63, 3.8) is 0 Å². The van der Waals surface area contributed by atoms with Gasteiger partial charge in [0, 0.05) is 37.1 Å². The van der Waals surface area contributed by atoms with Crippen LogP contribution in [0, 0.1) is 0 Å². The Morgan fingerprint density at radius 2 is 2.33 bits per heavy atom. The summed E-state index contributed by atoms with van der Waals surface area (Å²) in [7, 11) is 0. The summed E-state index contributed by atoms with van der Waals surface area (Å²) in [6, 6.07) is 8.13. The van der Waals surface area contributed by atoms with Gasteiger partial charge in [-0.25, -0.2) is 0 Å². The normalized spacial score (nSPS) is 17.2. The van der Waals surface area contributed by atoms with Gasteiger partial charge in [0.25, 0.3) is 0 Å². The van der Waals surface area contributed by atoms with Gasteiger partial charge in [0.1, 0.15) is 0 Å². The summed E-state index contributed by atoms with van der Waals surface area (Å²) >= 11 is 5.94. The fraction of sp³-hybridized carbons (Fsp3) is 0.500. The first-order valence-electron chi connectivity index (χ1n) is 6.41. The number of hydrogen-bond acceptors (Lipinski definition) is 2. The molecule has 0 radical (unpaired) electrons. The molecule has 1 unspecified atom stereocenters. The van der Waals surface area contributed by atoms with Gasteiger partial charge in [0.2, 0.25) is 5.91 Å². The molecular formula is C14H19ClN2O. The Kier molecular flexibility index (Phi) is 4.61. The molecule has 0 saturated carbocycles. The van der Waals surface area contributed by atoms with Crippen molar-refractivity contribution >= 4 is 17.5 Å². The molecule has 1 amide bonds. The van der Waals surface area contributed by atoms with Crippen LogP contribution >= 0.6 is 11.6 Å². The van der Waals surface area contributed by atoms with Crippen LogP contribution in [0.5, 0.6) is 0 Å². The molecular weight excluding hydrogens is 248 g/mol. The minimum Gasteiger partial charge on any atom is -0.341 e. The van der Waals surface area contributed by atoms with Crippen molar-refractivity contribution in [3.8, 4) is 0 Å². The first-order valence-corrected chi connectivity index (χ1v) is 6.78. The standard InChI is InChI=1S/C14H19ClN2O/c1-11(10-17-7-3-6-14(17)18)16-9-12-4-2-5-13(15)8-12/h2,4-5,8,11,16H,3,6-7,9-10H2,1H3. The molecule has 1 fully saturated rings. The van der Waals surface area contributed by atoms with Gasteiger partial charge in [0.05, 0.1) is 0 Å². The zero-order chi connectivity index (χ0) is 13.0. The number of likely N-dealkylation sites (tertiary alicyclic amines) is 1. The lowest BCUT2D eigenvalue weighted by atomic mass is 10.2. The zero-order valence-corrected chi connectivity index (χ0v) is 11.4. The van der Waals surface area contributed by atoms with Gasteiger partial charge < -0.3 is 10.2 Å². The fourth-order valence-electron chi connectivity index (χ4n) is 2.23. The summed E-state index contributed by atoms with van der Waals surface area (Å²) in [5.41, 5.74) is 1.17. The highest BCUT2D eigenvalue weighted by molar-refractivity contribution is 6.30. The van der Waals surface area contributed by atoms with E-state index in [1.54, 1.807) is 0 Å². The van der Waals surface area contributed by atoms with E-state index in [0.29, 0.717) is 12.5 Å². The van der Waals surface area contributed by atoms with Crippen molar-refractivity contribution in [2.75, 3.05) is 13.1 Å². The van der Waals surface area contributed by atoms with Crippen LogP contribution in [0.25, 0.3) is 0 Å². The van der Waals surface area contributed by atoms with E-state index in [-0.39, 0.29) is 5.91 Å². The van der Waals surface area contributed by atoms with Crippen LogP contribution in [-0.4, -0.2) is 29.9 Å². The number of halogens is 1. The fourth-order valence-corrected chi connectivity index (χ4v) is 2.44. The van der Waals surface area contributed by atoms with E-state index in [9.17, 15) is 4.79 Å². The number of hydrogen-bond donors (Lipinski definition) is 1. The lowest BCUT2D eigenvalue weighted by Gasteiger charge is -2.21. The van der Waals surface area contributed by atoms with Gasteiger partial charge in [-0.15, -0.1) is 0 Å². The first-order chi connectivity index (χ1) is 8.65. The van der Waals surface area contributed by atoms with Crippen LogP contribution < -0.4 is 5.32 Å². The molecule has 1 saturated heterocycles. The minimum absolute atomic E-state index is 0.284. The van der Waals surface area contributed by atoms with Crippen molar-refractivity contribution in [2.24, 2.45) is 0 Å². The lowest BCUT2D eigenvalue weighted by Crippen LogP contribution is -2.39. The molecule has 1 aromatic rings. The largest absolute Gasteiger partial charge is 0.341 e. The molecule has 98 valence electrons. The SMILES string of the molecule is CC(CN1CCCC1=O)NCc1cccc(Cl)c1. The number of rotatable bonds is 5. The molecule has 0 aliphatic carbocycles. The van der Waals surface area contributed by atoms with E-state index in [1.807, 2.05) is 29.2 Å². The zero-order valence-electron chi connectivity index (χ0n) is 10.7. The summed E-state index contributed by atoms with van der Waals surface area (Å²) < 4.78 is 0. The van der Waals surface area contributed by atoms with Crippen LogP contribution in [0.4, 0.5) is 0 Å². The average Bonchev–Trinajstić information content (AvgIpc) is 2.73. The van der Waals surface area contributed by atoms with Gasteiger partial charge >= 0.3 is 0 Å². The number of nitrogens with zero attached hydrogens (tertiary/aromatic N) is 1. The van der Waals surface area contributed by atoms with Crippen molar-refractivity contribution in [2.45, 2.75) is 32.4 Å². The Balaban J connectivity index is 1.77. The molecule has 0 bridgehead atoms. The monoisotopic (exact) mass is 266 g/mol. The Morgan fingerprint density at radius 1 is 1.50 bits per heavy atom. The molecule has 1 atom stereocenters. The molecule has 1 aliphatic heterocycles. The molecule has 0 spiro atoms. The second-order valence-electron chi connectivity index (χ2n) is 4.86. The summed E-state index contributed by atoms with van der Waals surface area (Å²) in [6.45, 7) is 4.58. The second kappa shape index (κ2) is 6.21. The Bertz CT molecular complexity index is 422. The number of carbonyl (C=O) groups excluding carboxylic acids is 1. The highest BCUT2D eigenvalue weighted by Crippen LogP contribution is 2.12. The third kappa shape index (κ3) is 3.72. The van der Waals surface area contributed by atoms with Crippen molar-refractivity contribution in [1.29, 1.82) is 0 Å². The van der Waals surface area contributed by atoms with E-state index < -0.39 is 0 Å². The maximum Gasteiger partial charge on any atom is 0.222 e. The molecule has 1 N–H and O–H groups in total. The Hall–Kier alpha value is -1.06. The molecule has 1 heterocycles. The quantitative estimate of drug-likeness (QED) is 0.888. The smallest absolute Gasteiger partial charge is 0.222 e. The van der Waals surface area contributed by atoms with E-state index in [0.717, 1.165) is 31.1 Å². The highest BCUT2D eigenvalue weighted by Gasteiger charge is 2.21. The maximum atomic E-state index is 11.5. The van der Waals surface area contributed by atoms with Crippen LogP contribution in [0.15, 0.2) is 24.3 Å². The predicted molar refractivity (Wildman–Crippen MR) is 73.6 cm³/mol. The van der Waals surface area contributed by atoms with Gasteiger partial charge in [-0.2, -0.15) is 0 Å². The molecule has 1 aliphatic rings. The van der Waals surface area contributed by atoms with Crippen molar-refractivity contribution < 1.29 is 4.79 Å². The lowest BCUT2D eigenvalue weighted by molar-refractivity contribution is -0.127. The molecule has 0 aromatic heterocycles. The summed E-state index contributed by atoms with van der Waals surface area (Å²) in [6.07, 6.45) is 1.71.